The summed E-state index contributed by atoms with van der Waals surface area (Å²) in [5.74, 6) is -0.00414. The smallest absolute Gasteiger partial charge is 0.340 e. The number of benzene rings is 1. The van der Waals surface area contributed by atoms with Crippen molar-refractivity contribution < 1.29 is 23.5 Å². The van der Waals surface area contributed by atoms with Crippen LogP contribution in [0.25, 0.3) is 0 Å². The molecule has 0 unspecified atom stereocenters. The van der Waals surface area contributed by atoms with E-state index >= 15 is 0 Å². The highest BCUT2D eigenvalue weighted by Crippen LogP contribution is 2.18. The second-order valence-corrected chi connectivity index (χ2v) is 6.61. The largest absolute Gasteiger partial charge is 0.467 e. The van der Waals surface area contributed by atoms with Gasteiger partial charge in [-0.25, -0.2) is 4.79 Å². The molecule has 1 aromatic carbocycles. The van der Waals surface area contributed by atoms with E-state index in [1.165, 1.54) is 0 Å². The van der Waals surface area contributed by atoms with Gasteiger partial charge in [0.15, 0.2) is 6.61 Å². The van der Waals surface area contributed by atoms with Gasteiger partial charge in [0, 0.05) is 18.8 Å². The van der Waals surface area contributed by atoms with Crippen LogP contribution in [0, 0.1) is 0 Å². The first-order valence-corrected chi connectivity index (χ1v) is 8.98. The molecule has 1 aromatic heterocycles. The Morgan fingerprint density at radius 1 is 1.15 bits per heavy atom. The molecule has 1 fully saturated rings. The molecule has 0 radical (unpaired) electrons. The second-order valence-electron chi connectivity index (χ2n) is 6.61. The fraction of sp³-hybridized carbons (Fsp3) is 0.400. The van der Waals surface area contributed by atoms with Crippen molar-refractivity contribution in [2.75, 3.05) is 25.0 Å². The Labute approximate surface area is 158 Å². The predicted octanol–water partition coefficient (Wildman–Crippen LogP) is 2.68. The molecule has 27 heavy (non-hydrogen) atoms. The van der Waals surface area contributed by atoms with Gasteiger partial charge in [-0.3, -0.25) is 4.79 Å². The van der Waals surface area contributed by atoms with E-state index in [9.17, 15) is 9.59 Å². The van der Waals surface area contributed by atoms with Gasteiger partial charge in [0.25, 0.3) is 5.91 Å². The molecule has 0 bridgehead atoms. The fourth-order valence-electron chi connectivity index (χ4n) is 3.09. The number of ether oxygens (including phenoxy) is 2. The Morgan fingerprint density at radius 3 is 2.59 bits per heavy atom. The van der Waals surface area contributed by atoms with Crippen LogP contribution in [0.2, 0.25) is 0 Å². The molecule has 7 nitrogen and oxygen atoms in total. The Hall–Kier alpha value is -2.80. The number of hydrogen-bond acceptors (Lipinski definition) is 6. The van der Waals surface area contributed by atoms with Crippen molar-refractivity contribution >= 4 is 17.6 Å². The van der Waals surface area contributed by atoms with Gasteiger partial charge in [-0.2, -0.15) is 0 Å². The minimum absolute atomic E-state index is 0.0278. The third kappa shape index (κ3) is 5.10. The fourth-order valence-corrected chi connectivity index (χ4v) is 3.09. The number of carbonyl (C=O) groups excluding carboxylic acids is 2. The lowest BCUT2D eigenvalue weighted by atomic mass is 10.2. The number of carbonyl (C=O) groups is 2. The molecule has 1 N–H and O–H groups in total. The van der Waals surface area contributed by atoms with Crippen LogP contribution >= 0.6 is 0 Å². The van der Waals surface area contributed by atoms with Gasteiger partial charge in [-0.15, -0.1) is 0 Å². The number of rotatable bonds is 6. The summed E-state index contributed by atoms with van der Waals surface area (Å²) in [4.78, 5) is 26.5. The molecule has 144 valence electrons. The molecular weight excluding hydrogens is 348 g/mol. The van der Waals surface area contributed by atoms with Crippen molar-refractivity contribution in [1.29, 1.82) is 0 Å². The molecule has 3 rings (SSSR count). The van der Waals surface area contributed by atoms with Crippen molar-refractivity contribution in [3.8, 4) is 0 Å². The number of para-hydroxylation sites is 1. The Bertz CT molecular complexity index is 764. The molecule has 1 amide bonds. The summed E-state index contributed by atoms with van der Waals surface area (Å²) in [6, 6.07) is 10.7. The van der Waals surface area contributed by atoms with Crippen molar-refractivity contribution in [2.45, 2.75) is 32.6 Å². The van der Waals surface area contributed by atoms with Crippen molar-refractivity contribution in [3.05, 3.63) is 54.0 Å². The van der Waals surface area contributed by atoms with Gasteiger partial charge in [0.2, 0.25) is 0 Å². The first kappa shape index (κ1) is 19.0. The van der Waals surface area contributed by atoms with E-state index in [1.54, 1.807) is 35.4 Å². The third-order valence-electron chi connectivity index (χ3n) is 4.28. The zero-order chi connectivity index (χ0) is 19.2. The maximum atomic E-state index is 12.5. The first-order valence-electron chi connectivity index (χ1n) is 8.98. The average Bonchev–Trinajstić information content (AvgIpc) is 3.17. The Kier molecular flexibility index (Phi) is 6.13. The van der Waals surface area contributed by atoms with Gasteiger partial charge < -0.3 is 24.1 Å². The van der Waals surface area contributed by atoms with E-state index in [1.807, 2.05) is 26.0 Å². The Morgan fingerprint density at radius 2 is 1.89 bits per heavy atom. The molecule has 1 aliphatic rings. The standard InChI is InChI=1S/C20H24N2O5/c1-14-11-22(12-15(2)27-14)19(23)13-26-20(24)17-7-3-4-8-18(17)21-10-16-6-5-9-25-16/h3-9,14-15,21H,10-13H2,1-2H3/t14-,15-/m0/s1. The highest BCUT2D eigenvalue weighted by Gasteiger charge is 2.26. The molecule has 1 saturated heterocycles. The molecule has 7 heteroatoms. The van der Waals surface area contributed by atoms with E-state index < -0.39 is 5.97 Å². The lowest BCUT2D eigenvalue weighted by Gasteiger charge is -2.35. The molecule has 0 aliphatic carbocycles. The molecule has 0 spiro atoms. The zero-order valence-corrected chi connectivity index (χ0v) is 15.5. The third-order valence-corrected chi connectivity index (χ3v) is 4.28. The number of amides is 1. The van der Waals surface area contributed by atoms with E-state index in [2.05, 4.69) is 5.32 Å². The minimum Gasteiger partial charge on any atom is -0.467 e. The predicted molar refractivity (Wildman–Crippen MR) is 99.3 cm³/mol. The van der Waals surface area contributed by atoms with Crippen LogP contribution in [0.4, 0.5) is 5.69 Å². The first-order chi connectivity index (χ1) is 13.0. The summed E-state index contributed by atoms with van der Waals surface area (Å²) >= 11 is 0. The van der Waals surface area contributed by atoms with Crippen LogP contribution in [0.1, 0.15) is 30.0 Å². The molecule has 1 aliphatic heterocycles. The van der Waals surface area contributed by atoms with Gasteiger partial charge >= 0.3 is 5.97 Å². The highest BCUT2D eigenvalue weighted by atomic mass is 16.5. The van der Waals surface area contributed by atoms with E-state index in [4.69, 9.17) is 13.9 Å². The molecular formula is C20H24N2O5. The second kappa shape index (κ2) is 8.73. The lowest BCUT2D eigenvalue weighted by molar-refractivity contribution is -0.146. The molecule has 2 atom stereocenters. The number of anilines is 1. The summed E-state index contributed by atoms with van der Waals surface area (Å²) in [5.41, 5.74) is 1.00. The molecule has 2 heterocycles. The van der Waals surface area contributed by atoms with Crippen molar-refractivity contribution in [2.24, 2.45) is 0 Å². The van der Waals surface area contributed by atoms with Crippen LogP contribution < -0.4 is 5.32 Å². The van der Waals surface area contributed by atoms with E-state index in [0.29, 0.717) is 30.9 Å². The number of esters is 1. The monoisotopic (exact) mass is 372 g/mol. The van der Waals surface area contributed by atoms with Crippen LogP contribution in [-0.2, 0) is 20.8 Å². The normalized spacial score (nSPS) is 19.6. The maximum absolute atomic E-state index is 12.5. The van der Waals surface area contributed by atoms with E-state index in [-0.39, 0.29) is 24.7 Å². The summed E-state index contributed by atoms with van der Waals surface area (Å²) in [6.45, 7) is 5.00. The van der Waals surface area contributed by atoms with Gasteiger partial charge in [-0.05, 0) is 38.1 Å². The Balaban J connectivity index is 1.57. The van der Waals surface area contributed by atoms with Crippen LogP contribution in [0.3, 0.4) is 0 Å². The summed E-state index contributed by atoms with van der Waals surface area (Å²) in [7, 11) is 0. The number of hydrogen-bond donors (Lipinski definition) is 1. The molecule has 0 saturated carbocycles. The number of furan rings is 1. The van der Waals surface area contributed by atoms with Crippen LogP contribution in [0.15, 0.2) is 47.1 Å². The van der Waals surface area contributed by atoms with Crippen LogP contribution in [-0.4, -0.2) is 48.7 Å². The van der Waals surface area contributed by atoms with E-state index in [0.717, 1.165) is 5.76 Å². The topological polar surface area (TPSA) is 81.0 Å². The summed E-state index contributed by atoms with van der Waals surface area (Å²) in [5, 5.41) is 3.15. The van der Waals surface area contributed by atoms with Gasteiger partial charge in [-0.1, -0.05) is 12.1 Å². The maximum Gasteiger partial charge on any atom is 0.340 e. The van der Waals surface area contributed by atoms with Gasteiger partial charge in [0.1, 0.15) is 5.76 Å². The molecule has 2 aromatic rings. The van der Waals surface area contributed by atoms with Crippen molar-refractivity contribution in [3.63, 3.8) is 0 Å². The quantitative estimate of drug-likeness (QED) is 0.785. The number of morpholine rings is 1. The number of nitrogens with one attached hydrogen (secondary N) is 1. The lowest BCUT2D eigenvalue weighted by Crippen LogP contribution is -2.49. The average molecular weight is 372 g/mol. The number of nitrogens with zero attached hydrogens (tertiary/aromatic N) is 1. The minimum atomic E-state index is -0.541. The summed E-state index contributed by atoms with van der Waals surface area (Å²) < 4.78 is 16.2. The highest BCUT2D eigenvalue weighted by molar-refractivity contribution is 5.96. The summed E-state index contributed by atoms with van der Waals surface area (Å²) in [6.07, 6.45) is 1.54. The SMILES string of the molecule is C[C@H]1CN(C(=O)COC(=O)c2ccccc2NCc2ccco2)C[C@H](C)O1. The van der Waals surface area contributed by atoms with Crippen molar-refractivity contribution in [1.82, 2.24) is 4.90 Å². The van der Waals surface area contributed by atoms with Crippen LogP contribution in [0.5, 0.6) is 0 Å². The zero-order valence-electron chi connectivity index (χ0n) is 15.5. The van der Waals surface area contributed by atoms with Gasteiger partial charge in [0.05, 0.1) is 30.6 Å².